The van der Waals surface area contributed by atoms with Gasteiger partial charge >= 0.3 is 0 Å². The first-order valence-electron chi connectivity index (χ1n) is 13.9. The molecule has 0 saturated carbocycles. The van der Waals surface area contributed by atoms with Crippen molar-refractivity contribution in [1.82, 2.24) is 34.6 Å². The molecule has 4 aromatic rings. The normalized spacial score (nSPS) is 16.4. The van der Waals surface area contributed by atoms with Crippen LogP contribution in [0.15, 0.2) is 36.8 Å². The molecule has 5 heterocycles. The molecule has 0 amide bonds. The zero-order chi connectivity index (χ0) is 29.8. The minimum Gasteiger partial charge on any atom is -0.477 e. The average Bonchev–Trinajstić information content (AvgIpc) is 3.21. The van der Waals surface area contributed by atoms with Gasteiger partial charge in [0, 0.05) is 62.4 Å². The third-order valence-corrected chi connectivity index (χ3v) is 7.38. The number of likely N-dealkylation sites (tertiary alicyclic amines) is 1. The molecular formula is C29H35ClFN9O2. The first-order valence-corrected chi connectivity index (χ1v) is 14.3. The Hall–Kier alpha value is -3.87. The van der Waals surface area contributed by atoms with Crippen LogP contribution < -0.4 is 15.8 Å². The van der Waals surface area contributed by atoms with Gasteiger partial charge in [-0.25, -0.2) is 24.0 Å². The van der Waals surface area contributed by atoms with Gasteiger partial charge in [-0.2, -0.15) is 5.10 Å². The average molecular weight is 596 g/mol. The molecule has 13 heteroatoms. The topological polar surface area (TPSA) is 140 Å². The second-order valence-electron chi connectivity index (χ2n) is 10.6. The Balaban J connectivity index is 1.26. The molecule has 0 bridgehead atoms. The second-order valence-corrected chi connectivity index (χ2v) is 11.0. The number of pyridine rings is 2. The maximum absolute atomic E-state index is 15.4. The molecule has 1 fully saturated rings. The predicted molar refractivity (Wildman–Crippen MR) is 160 cm³/mol. The SMILES string of the molecule is Cc1nn(C)c(OCC[C@H](C)Nc2cc(Cl)ncc2-c2ncc(CN3CCC[C@H](O)C3)cc2F)c1-c1nccc(N)n1. The van der Waals surface area contributed by atoms with E-state index in [4.69, 9.17) is 22.1 Å². The van der Waals surface area contributed by atoms with Crippen LogP contribution in [0.4, 0.5) is 15.9 Å². The molecule has 4 N–H and O–H groups in total. The van der Waals surface area contributed by atoms with E-state index in [-0.39, 0.29) is 23.0 Å². The number of piperidine rings is 1. The number of hydrogen-bond donors (Lipinski definition) is 3. The van der Waals surface area contributed by atoms with E-state index < -0.39 is 5.82 Å². The molecule has 0 radical (unpaired) electrons. The quantitative estimate of drug-likeness (QED) is 0.228. The molecule has 42 heavy (non-hydrogen) atoms. The van der Waals surface area contributed by atoms with E-state index >= 15 is 4.39 Å². The van der Waals surface area contributed by atoms with Crippen LogP contribution in [0.5, 0.6) is 5.88 Å². The van der Waals surface area contributed by atoms with Crippen LogP contribution in [0, 0.1) is 12.7 Å². The lowest BCUT2D eigenvalue weighted by atomic mass is 10.1. The van der Waals surface area contributed by atoms with Gasteiger partial charge in [0.2, 0.25) is 5.88 Å². The fourth-order valence-corrected chi connectivity index (χ4v) is 5.31. The summed E-state index contributed by atoms with van der Waals surface area (Å²) in [6.45, 7) is 6.21. The van der Waals surface area contributed by atoms with Gasteiger partial charge in [-0.05, 0) is 57.0 Å². The number of nitrogens with zero attached hydrogens (tertiary/aromatic N) is 7. The van der Waals surface area contributed by atoms with Crippen molar-refractivity contribution in [2.24, 2.45) is 7.05 Å². The van der Waals surface area contributed by atoms with E-state index in [1.807, 2.05) is 13.8 Å². The van der Waals surface area contributed by atoms with Gasteiger partial charge < -0.3 is 20.9 Å². The fourth-order valence-electron chi connectivity index (χ4n) is 5.16. The summed E-state index contributed by atoms with van der Waals surface area (Å²) in [5.74, 6) is 0.910. The van der Waals surface area contributed by atoms with E-state index in [9.17, 15) is 5.11 Å². The maximum Gasteiger partial charge on any atom is 0.223 e. The molecule has 0 aliphatic carbocycles. The standard InChI is InChI=1S/C29H35ClFN9O2/c1-17(7-10-42-29-26(18(2)38-39(29)3)28-33-8-6-25(32)37-28)36-23-12-24(30)34-14-21(23)27-22(31)11-19(13-35-27)15-40-9-4-5-20(41)16-40/h6,8,11-14,17,20,41H,4-5,7,9-10,15-16H2,1-3H3,(H,34,36)(H2,32,33,37)/t17-,20-/m0/s1. The first-order chi connectivity index (χ1) is 20.2. The molecule has 0 spiro atoms. The minimum atomic E-state index is -0.448. The summed E-state index contributed by atoms with van der Waals surface area (Å²) in [4.78, 5) is 19.4. The summed E-state index contributed by atoms with van der Waals surface area (Å²) in [5.41, 5.74) is 9.34. The number of nitrogens with two attached hydrogens (primary N) is 1. The summed E-state index contributed by atoms with van der Waals surface area (Å²) in [7, 11) is 1.80. The number of aliphatic hydroxyl groups is 1. The first kappa shape index (κ1) is 29.6. The zero-order valence-corrected chi connectivity index (χ0v) is 24.6. The highest BCUT2D eigenvalue weighted by atomic mass is 35.5. The number of anilines is 2. The number of aromatic nitrogens is 6. The zero-order valence-electron chi connectivity index (χ0n) is 23.9. The molecule has 222 valence electrons. The van der Waals surface area contributed by atoms with Crippen molar-refractivity contribution >= 4 is 23.1 Å². The van der Waals surface area contributed by atoms with Crippen LogP contribution in [0.3, 0.4) is 0 Å². The van der Waals surface area contributed by atoms with Crippen LogP contribution in [0.25, 0.3) is 22.6 Å². The smallest absolute Gasteiger partial charge is 0.223 e. The monoisotopic (exact) mass is 595 g/mol. The lowest BCUT2D eigenvalue weighted by Gasteiger charge is -2.29. The van der Waals surface area contributed by atoms with Crippen LogP contribution in [0.2, 0.25) is 5.15 Å². The molecule has 0 aromatic carbocycles. The van der Waals surface area contributed by atoms with Crippen LogP contribution in [-0.4, -0.2) is 71.6 Å². The molecule has 1 aliphatic rings. The molecule has 0 unspecified atom stereocenters. The molecule has 1 saturated heterocycles. The molecule has 2 atom stereocenters. The third-order valence-electron chi connectivity index (χ3n) is 7.17. The van der Waals surface area contributed by atoms with E-state index in [0.29, 0.717) is 60.5 Å². The molecule has 4 aromatic heterocycles. The summed E-state index contributed by atoms with van der Waals surface area (Å²) in [5, 5.41) is 18.1. The van der Waals surface area contributed by atoms with Crippen LogP contribution in [-0.2, 0) is 13.6 Å². The van der Waals surface area contributed by atoms with Crippen LogP contribution in [0.1, 0.15) is 37.4 Å². The van der Waals surface area contributed by atoms with Gasteiger partial charge in [-0.15, -0.1) is 0 Å². The van der Waals surface area contributed by atoms with Crippen molar-refractivity contribution in [3.63, 3.8) is 0 Å². The van der Waals surface area contributed by atoms with Crippen molar-refractivity contribution in [2.45, 2.75) is 51.8 Å². The lowest BCUT2D eigenvalue weighted by molar-refractivity contribution is 0.0667. The van der Waals surface area contributed by atoms with Crippen molar-refractivity contribution in [3.05, 3.63) is 59.0 Å². The second kappa shape index (κ2) is 13.0. The molecule has 1 aliphatic heterocycles. The van der Waals surface area contributed by atoms with E-state index in [0.717, 1.165) is 30.6 Å². The molecular weight excluding hydrogens is 561 g/mol. The van der Waals surface area contributed by atoms with E-state index in [2.05, 4.69) is 35.3 Å². The van der Waals surface area contributed by atoms with E-state index in [1.54, 1.807) is 36.3 Å². The van der Waals surface area contributed by atoms with Crippen molar-refractivity contribution in [3.8, 4) is 28.5 Å². The molecule has 11 nitrogen and oxygen atoms in total. The summed E-state index contributed by atoms with van der Waals surface area (Å²) < 4.78 is 23.1. The summed E-state index contributed by atoms with van der Waals surface area (Å²) in [6, 6.07) is 4.71. The number of nitrogen functional groups attached to an aromatic ring is 1. The van der Waals surface area contributed by atoms with Crippen LogP contribution >= 0.6 is 11.6 Å². The van der Waals surface area contributed by atoms with Crippen molar-refractivity contribution < 1.29 is 14.2 Å². The summed E-state index contributed by atoms with van der Waals surface area (Å²) >= 11 is 6.22. The number of β-amino-alcohol motifs (C(OH)–C–C–N with tert-alkyl or cyclic N) is 1. The highest BCUT2D eigenvalue weighted by Crippen LogP contribution is 2.32. The highest BCUT2D eigenvalue weighted by molar-refractivity contribution is 6.29. The number of halogens is 2. The number of ether oxygens (including phenoxy) is 1. The Morgan fingerprint density at radius 2 is 2.10 bits per heavy atom. The van der Waals surface area contributed by atoms with Gasteiger partial charge in [-0.1, -0.05) is 11.6 Å². The Morgan fingerprint density at radius 3 is 2.86 bits per heavy atom. The number of aryl methyl sites for hydroxylation is 2. The van der Waals surface area contributed by atoms with E-state index in [1.165, 1.54) is 12.3 Å². The van der Waals surface area contributed by atoms with Gasteiger partial charge in [0.15, 0.2) is 5.82 Å². The van der Waals surface area contributed by atoms with Gasteiger partial charge in [-0.3, -0.25) is 9.88 Å². The largest absolute Gasteiger partial charge is 0.477 e. The van der Waals surface area contributed by atoms with Crippen molar-refractivity contribution in [1.29, 1.82) is 0 Å². The number of nitrogens with one attached hydrogen (secondary N) is 1. The van der Waals surface area contributed by atoms with Gasteiger partial charge in [0.05, 0.1) is 18.4 Å². The number of aliphatic hydroxyl groups excluding tert-OH is 1. The van der Waals surface area contributed by atoms with Gasteiger partial charge in [0.25, 0.3) is 0 Å². The predicted octanol–water partition coefficient (Wildman–Crippen LogP) is 4.24. The third kappa shape index (κ3) is 6.94. The fraction of sp³-hybridized carbons (Fsp3) is 0.414. The minimum absolute atomic E-state index is 0.0727. The van der Waals surface area contributed by atoms with Crippen molar-refractivity contribution in [2.75, 3.05) is 30.7 Å². The molecule has 5 rings (SSSR count). The summed E-state index contributed by atoms with van der Waals surface area (Å²) in [6.07, 6.45) is 6.78. The highest BCUT2D eigenvalue weighted by Gasteiger charge is 2.21. The Kier molecular flexibility index (Phi) is 9.15. The Morgan fingerprint density at radius 1 is 1.26 bits per heavy atom. The Bertz CT molecular complexity index is 1550. The van der Waals surface area contributed by atoms with Gasteiger partial charge in [0.1, 0.15) is 28.0 Å². The Labute approximate surface area is 248 Å². The number of rotatable bonds is 10. The lowest BCUT2D eigenvalue weighted by Crippen LogP contribution is -2.37. The number of hydrogen-bond acceptors (Lipinski definition) is 10. The maximum atomic E-state index is 15.4.